The lowest BCUT2D eigenvalue weighted by molar-refractivity contribution is -0.140. The number of amides is 1. The van der Waals surface area contributed by atoms with Crippen molar-refractivity contribution in [3.8, 4) is 10.6 Å². The number of ether oxygens (including phenoxy) is 1. The van der Waals surface area contributed by atoms with Gasteiger partial charge in [0.25, 0.3) is 5.91 Å². The summed E-state index contributed by atoms with van der Waals surface area (Å²) in [6.45, 7) is -0.0228. The average molecular weight is 406 g/mol. The Bertz CT molecular complexity index is 972. The fourth-order valence-corrected chi connectivity index (χ4v) is 3.28. The summed E-state index contributed by atoms with van der Waals surface area (Å²) in [7, 11) is 1.25. The molecule has 1 aromatic carbocycles. The average Bonchev–Trinajstić information content (AvgIpc) is 3.38. The van der Waals surface area contributed by atoms with Crippen LogP contribution in [0.4, 0.5) is 8.78 Å². The molecule has 0 fully saturated rings. The van der Waals surface area contributed by atoms with Crippen LogP contribution in [0.15, 0.2) is 46.5 Å². The molecule has 9 heteroatoms. The van der Waals surface area contributed by atoms with E-state index in [1.807, 2.05) is 11.4 Å². The topological polar surface area (TPSA) is 72.6 Å². The van der Waals surface area contributed by atoms with Crippen LogP contribution < -0.4 is 0 Å². The zero-order valence-corrected chi connectivity index (χ0v) is 15.7. The fourth-order valence-electron chi connectivity index (χ4n) is 2.57. The molecule has 0 unspecified atom stereocenters. The van der Waals surface area contributed by atoms with Crippen LogP contribution in [-0.2, 0) is 16.1 Å². The normalized spacial score (nSPS) is 10.7. The molecule has 28 heavy (non-hydrogen) atoms. The summed E-state index contributed by atoms with van der Waals surface area (Å²) in [4.78, 5) is 30.6. The van der Waals surface area contributed by atoms with Crippen LogP contribution in [0.5, 0.6) is 0 Å². The van der Waals surface area contributed by atoms with Crippen LogP contribution in [0.3, 0.4) is 0 Å². The van der Waals surface area contributed by atoms with E-state index >= 15 is 0 Å². The molecular formula is C19H16F2N2O4S. The predicted molar refractivity (Wildman–Crippen MR) is 97.5 cm³/mol. The Kier molecular flexibility index (Phi) is 6.15. The van der Waals surface area contributed by atoms with E-state index in [1.165, 1.54) is 35.8 Å². The van der Waals surface area contributed by atoms with Crippen LogP contribution in [0, 0.1) is 11.6 Å². The Morgan fingerprint density at radius 1 is 1.25 bits per heavy atom. The first kappa shape index (κ1) is 19.7. The van der Waals surface area contributed by atoms with Crippen molar-refractivity contribution in [2.45, 2.75) is 13.0 Å². The number of benzene rings is 1. The van der Waals surface area contributed by atoms with Gasteiger partial charge < -0.3 is 14.1 Å². The Hall–Kier alpha value is -3.07. The van der Waals surface area contributed by atoms with Gasteiger partial charge in [0.15, 0.2) is 29.5 Å². The number of thiophene rings is 1. The van der Waals surface area contributed by atoms with Crippen LogP contribution in [0.1, 0.15) is 22.5 Å². The molecule has 0 aliphatic rings. The maximum Gasteiger partial charge on any atom is 0.307 e. The molecule has 0 aliphatic heterocycles. The van der Waals surface area contributed by atoms with E-state index < -0.39 is 23.5 Å². The number of hydrogen-bond acceptors (Lipinski definition) is 6. The van der Waals surface area contributed by atoms with Crippen LogP contribution in [-0.4, -0.2) is 35.4 Å². The second kappa shape index (κ2) is 8.75. The lowest BCUT2D eigenvalue weighted by Gasteiger charge is -2.22. The third-order valence-electron chi connectivity index (χ3n) is 3.97. The number of halogens is 2. The molecule has 1 amide bonds. The van der Waals surface area contributed by atoms with Gasteiger partial charge in [-0.05, 0) is 29.1 Å². The molecule has 6 nitrogen and oxygen atoms in total. The Morgan fingerprint density at radius 2 is 2.07 bits per heavy atom. The first-order valence-corrected chi connectivity index (χ1v) is 9.15. The summed E-state index contributed by atoms with van der Waals surface area (Å²) in [5, 5.41) is 1.84. The number of carbonyl (C=O) groups excluding carboxylic acids is 2. The molecule has 146 valence electrons. The van der Waals surface area contributed by atoms with Crippen LogP contribution in [0.25, 0.3) is 10.6 Å². The molecule has 0 aliphatic carbocycles. The summed E-state index contributed by atoms with van der Waals surface area (Å²) < 4.78 is 36.7. The standard InChI is InChI=1S/C19H16F2N2O4S/c1-26-16(24)6-7-23(10-12-4-5-13(20)14(21)9-12)19(25)17-18(27-11-22-17)15-3-2-8-28-15/h2-5,8-9,11H,6-7,10H2,1H3. The fraction of sp³-hybridized carbons (Fsp3) is 0.211. The van der Waals surface area contributed by atoms with Crippen molar-refractivity contribution < 1.29 is 27.5 Å². The number of aromatic nitrogens is 1. The highest BCUT2D eigenvalue weighted by Crippen LogP contribution is 2.28. The second-order valence-electron chi connectivity index (χ2n) is 5.81. The van der Waals surface area contributed by atoms with Gasteiger partial charge in [-0.25, -0.2) is 13.8 Å². The van der Waals surface area contributed by atoms with E-state index in [0.29, 0.717) is 11.3 Å². The smallest absolute Gasteiger partial charge is 0.307 e. The molecule has 0 radical (unpaired) electrons. The SMILES string of the molecule is COC(=O)CCN(Cc1ccc(F)c(F)c1)C(=O)c1ncoc1-c1cccs1. The molecule has 3 aromatic rings. The lowest BCUT2D eigenvalue weighted by Crippen LogP contribution is -2.33. The van der Waals surface area contributed by atoms with E-state index in [2.05, 4.69) is 9.72 Å². The maximum absolute atomic E-state index is 13.5. The number of esters is 1. The Morgan fingerprint density at radius 3 is 2.75 bits per heavy atom. The predicted octanol–water partition coefficient (Wildman–Crippen LogP) is 3.89. The van der Waals surface area contributed by atoms with Crippen molar-refractivity contribution in [3.05, 3.63) is 65.0 Å². The molecule has 0 atom stereocenters. The van der Waals surface area contributed by atoms with Gasteiger partial charge in [-0.3, -0.25) is 9.59 Å². The van der Waals surface area contributed by atoms with E-state index in [9.17, 15) is 18.4 Å². The zero-order chi connectivity index (χ0) is 20.1. The van der Waals surface area contributed by atoms with E-state index in [0.717, 1.165) is 17.0 Å². The molecule has 3 rings (SSSR count). The van der Waals surface area contributed by atoms with E-state index in [4.69, 9.17) is 4.42 Å². The van der Waals surface area contributed by atoms with Crippen LogP contribution in [0.2, 0.25) is 0 Å². The summed E-state index contributed by atoms with van der Waals surface area (Å²) in [5.41, 5.74) is 0.452. The largest absolute Gasteiger partial charge is 0.469 e. The first-order valence-electron chi connectivity index (χ1n) is 8.27. The van der Waals surface area contributed by atoms with Crippen LogP contribution >= 0.6 is 11.3 Å². The number of carbonyl (C=O) groups is 2. The molecule has 2 heterocycles. The van der Waals surface area contributed by atoms with Crippen molar-refractivity contribution in [2.24, 2.45) is 0 Å². The minimum absolute atomic E-state index is 0.0151. The van der Waals surface area contributed by atoms with Crippen molar-refractivity contribution >= 4 is 23.2 Å². The zero-order valence-electron chi connectivity index (χ0n) is 14.9. The minimum Gasteiger partial charge on any atom is -0.469 e. The van der Waals surface area contributed by atoms with Gasteiger partial charge >= 0.3 is 5.97 Å². The molecule has 0 bridgehead atoms. The monoisotopic (exact) mass is 406 g/mol. The minimum atomic E-state index is -1.02. The quantitative estimate of drug-likeness (QED) is 0.557. The van der Waals surface area contributed by atoms with Gasteiger partial charge in [-0.2, -0.15) is 0 Å². The van der Waals surface area contributed by atoms with Gasteiger partial charge in [0.1, 0.15) is 0 Å². The van der Waals surface area contributed by atoms with E-state index in [-0.39, 0.29) is 25.2 Å². The highest BCUT2D eigenvalue weighted by molar-refractivity contribution is 7.13. The highest BCUT2D eigenvalue weighted by Gasteiger charge is 2.25. The number of methoxy groups -OCH3 is 1. The number of oxazole rings is 1. The van der Waals surface area contributed by atoms with Gasteiger partial charge in [0.05, 0.1) is 18.4 Å². The summed E-state index contributed by atoms with van der Waals surface area (Å²) in [6.07, 6.45) is 1.11. The summed E-state index contributed by atoms with van der Waals surface area (Å²) in [6, 6.07) is 6.97. The molecular weight excluding hydrogens is 390 g/mol. The first-order chi connectivity index (χ1) is 13.5. The summed E-state index contributed by atoms with van der Waals surface area (Å²) >= 11 is 1.38. The van der Waals surface area contributed by atoms with Gasteiger partial charge in [0, 0.05) is 13.1 Å². The van der Waals surface area contributed by atoms with Crippen molar-refractivity contribution in [1.82, 2.24) is 9.88 Å². The van der Waals surface area contributed by atoms with Crippen molar-refractivity contribution in [3.63, 3.8) is 0 Å². The lowest BCUT2D eigenvalue weighted by atomic mass is 10.1. The molecule has 0 N–H and O–H groups in total. The maximum atomic E-state index is 13.5. The van der Waals surface area contributed by atoms with Gasteiger partial charge in [-0.1, -0.05) is 12.1 Å². The van der Waals surface area contributed by atoms with Crippen molar-refractivity contribution in [1.29, 1.82) is 0 Å². The van der Waals surface area contributed by atoms with Gasteiger partial charge in [-0.15, -0.1) is 11.3 Å². The number of rotatable bonds is 7. The third kappa shape index (κ3) is 4.42. The molecule has 0 saturated heterocycles. The van der Waals surface area contributed by atoms with Gasteiger partial charge in [0.2, 0.25) is 0 Å². The second-order valence-corrected chi connectivity index (χ2v) is 6.76. The third-order valence-corrected chi connectivity index (χ3v) is 4.84. The molecule has 2 aromatic heterocycles. The number of hydrogen-bond donors (Lipinski definition) is 0. The number of nitrogens with zero attached hydrogens (tertiary/aromatic N) is 2. The Labute approximate surface area is 163 Å². The molecule has 0 spiro atoms. The highest BCUT2D eigenvalue weighted by atomic mass is 32.1. The molecule has 0 saturated carbocycles. The summed E-state index contributed by atoms with van der Waals surface area (Å²) in [5.74, 6) is -2.67. The Balaban J connectivity index is 1.87. The van der Waals surface area contributed by atoms with Crippen molar-refractivity contribution in [2.75, 3.05) is 13.7 Å². The van der Waals surface area contributed by atoms with E-state index in [1.54, 1.807) is 6.07 Å².